The van der Waals surface area contributed by atoms with E-state index in [4.69, 9.17) is 19.2 Å². The number of para-hydroxylation sites is 2. The molecular weight excluding hydrogens is 490 g/mol. The molecule has 1 heterocycles. The topological polar surface area (TPSA) is 74.6 Å². The van der Waals surface area contributed by atoms with Crippen molar-refractivity contribution in [1.29, 1.82) is 0 Å². The van der Waals surface area contributed by atoms with E-state index < -0.39 is 0 Å². The summed E-state index contributed by atoms with van der Waals surface area (Å²) in [5.41, 5.74) is 4.17. The highest BCUT2D eigenvalue weighted by molar-refractivity contribution is 5.78. The van der Waals surface area contributed by atoms with Gasteiger partial charge in [0.2, 0.25) is 5.91 Å². The molecule has 0 aliphatic heterocycles. The van der Waals surface area contributed by atoms with Crippen molar-refractivity contribution in [1.82, 2.24) is 14.9 Å². The molecule has 0 saturated heterocycles. The van der Waals surface area contributed by atoms with Gasteiger partial charge in [0.15, 0.2) is 11.5 Å². The standard InChI is InChI=1S/C32H37N3O4/c1-4-9-24-14-17-29(30(22-24)38-3)39-21-8-7-20-35-28-11-6-5-10-27(28)34-31(35)18-19-33-32(36)23-25-12-15-26(37-2)16-13-25/h4-6,10-17,22H,1,7-9,18-21,23H2,2-3H3,(H,33,36). The normalized spacial score (nSPS) is 10.8. The van der Waals surface area contributed by atoms with Crippen molar-refractivity contribution in [2.24, 2.45) is 0 Å². The molecule has 3 aromatic carbocycles. The molecule has 204 valence electrons. The van der Waals surface area contributed by atoms with Gasteiger partial charge in [-0.15, -0.1) is 6.58 Å². The Morgan fingerprint density at radius 2 is 1.77 bits per heavy atom. The van der Waals surface area contributed by atoms with Crippen LogP contribution in [0.4, 0.5) is 0 Å². The van der Waals surface area contributed by atoms with Gasteiger partial charge in [0, 0.05) is 19.5 Å². The largest absolute Gasteiger partial charge is 0.497 e. The Labute approximate surface area is 230 Å². The van der Waals surface area contributed by atoms with Crippen molar-refractivity contribution in [2.75, 3.05) is 27.4 Å². The molecule has 7 heteroatoms. The summed E-state index contributed by atoms with van der Waals surface area (Å²) in [7, 11) is 3.29. The first-order valence-electron chi connectivity index (χ1n) is 13.4. The molecule has 0 atom stereocenters. The highest BCUT2D eigenvalue weighted by atomic mass is 16.5. The minimum absolute atomic E-state index is 0.00655. The average molecular weight is 528 g/mol. The van der Waals surface area contributed by atoms with Crippen LogP contribution < -0.4 is 19.5 Å². The highest BCUT2D eigenvalue weighted by Crippen LogP contribution is 2.28. The number of aryl methyl sites for hydroxylation is 1. The quantitative estimate of drug-likeness (QED) is 0.162. The number of aromatic nitrogens is 2. The summed E-state index contributed by atoms with van der Waals surface area (Å²) in [6, 6.07) is 21.7. The van der Waals surface area contributed by atoms with Crippen LogP contribution in [0, 0.1) is 0 Å². The Bertz CT molecular complexity index is 1380. The zero-order valence-electron chi connectivity index (χ0n) is 22.8. The number of unbranched alkanes of at least 4 members (excludes halogenated alkanes) is 1. The van der Waals surface area contributed by atoms with Crippen LogP contribution in [0.15, 0.2) is 79.4 Å². The van der Waals surface area contributed by atoms with E-state index in [1.54, 1.807) is 14.2 Å². The fourth-order valence-electron chi connectivity index (χ4n) is 4.55. The fraction of sp³-hybridized carbons (Fsp3) is 0.312. The van der Waals surface area contributed by atoms with Gasteiger partial charge in [0.05, 0.1) is 38.3 Å². The van der Waals surface area contributed by atoms with Crippen LogP contribution in [-0.4, -0.2) is 42.8 Å². The number of fused-ring (bicyclic) bond motifs is 1. The van der Waals surface area contributed by atoms with Gasteiger partial charge >= 0.3 is 0 Å². The van der Waals surface area contributed by atoms with Crippen LogP contribution >= 0.6 is 0 Å². The number of allylic oxidation sites excluding steroid dienone is 1. The second-order valence-corrected chi connectivity index (χ2v) is 9.33. The zero-order valence-corrected chi connectivity index (χ0v) is 22.8. The molecule has 0 bridgehead atoms. The Morgan fingerprint density at radius 3 is 2.54 bits per heavy atom. The van der Waals surface area contributed by atoms with E-state index in [9.17, 15) is 4.79 Å². The molecule has 0 fully saturated rings. The molecule has 39 heavy (non-hydrogen) atoms. The third kappa shape index (κ3) is 7.63. The van der Waals surface area contributed by atoms with Crippen molar-refractivity contribution < 1.29 is 19.0 Å². The number of carbonyl (C=O) groups is 1. The monoisotopic (exact) mass is 527 g/mol. The maximum absolute atomic E-state index is 12.5. The minimum atomic E-state index is -0.00655. The Kier molecular flexibility index (Phi) is 10.0. The first-order chi connectivity index (χ1) is 19.1. The molecule has 0 unspecified atom stereocenters. The summed E-state index contributed by atoms with van der Waals surface area (Å²) in [4.78, 5) is 17.3. The third-order valence-corrected chi connectivity index (χ3v) is 6.57. The first-order valence-corrected chi connectivity index (χ1v) is 13.4. The van der Waals surface area contributed by atoms with Crippen molar-refractivity contribution in [2.45, 2.75) is 38.6 Å². The molecule has 1 amide bonds. The molecule has 0 saturated carbocycles. The smallest absolute Gasteiger partial charge is 0.224 e. The number of rotatable bonds is 15. The lowest BCUT2D eigenvalue weighted by atomic mass is 10.1. The molecule has 4 aromatic rings. The van der Waals surface area contributed by atoms with Gasteiger partial charge in [0.25, 0.3) is 0 Å². The average Bonchev–Trinajstić information content (AvgIpc) is 3.31. The molecule has 1 aromatic heterocycles. The first kappa shape index (κ1) is 27.8. The molecule has 0 aliphatic rings. The van der Waals surface area contributed by atoms with Gasteiger partial charge in [0.1, 0.15) is 11.6 Å². The second kappa shape index (κ2) is 14.0. The molecule has 1 N–H and O–H groups in total. The van der Waals surface area contributed by atoms with E-state index in [1.807, 2.05) is 66.7 Å². The van der Waals surface area contributed by atoms with Crippen LogP contribution in [0.3, 0.4) is 0 Å². The summed E-state index contributed by atoms with van der Waals surface area (Å²) in [5, 5.41) is 3.04. The fourth-order valence-corrected chi connectivity index (χ4v) is 4.55. The number of amides is 1. The molecule has 0 radical (unpaired) electrons. The van der Waals surface area contributed by atoms with Crippen molar-refractivity contribution in [3.05, 3.63) is 96.3 Å². The van der Waals surface area contributed by atoms with Gasteiger partial charge in [-0.2, -0.15) is 0 Å². The van der Waals surface area contributed by atoms with Gasteiger partial charge in [-0.05, 0) is 66.8 Å². The van der Waals surface area contributed by atoms with Gasteiger partial charge in [-0.1, -0.05) is 36.4 Å². The number of hydrogen-bond acceptors (Lipinski definition) is 5. The predicted octanol–water partition coefficient (Wildman–Crippen LogP) is 5.54. The molecule has 0 aliphatic carbocycles. The summed E-state index contributed by atoms with van der Waals surface area (Å²) in [6.45, 7) is 5.75. The lowest BCUT2D eigenvalue weighted by molar-refractivity contribution is -0.120. The summed E-state index contributed by atoms with van der Waals surface area (Å²) in [5.74, 6) is 3.24. The second-order valence-electron chi connectivity index (χ2n) is 9.33. The predicted molar refractivity (Wildman–Crippen MR) is 155 cm³/mol. The number of carbonyl (C=O) groups excluding carboxylic acids is 1. The third-order valence-electron chi connectivity index (χ3n) is 6.57. The number of hydrogen-bond donors (Lipinski definition) is 1. The number of benzene rings is 3. The molecule has 0 spiro atoms. The van der Waals surface area contributed by atoms with Gasteiger partial charge < -0.3 is 24.1 Å². The van der Waals surface area contributed by atoms with Crippen LogP contribution in [0.25, 0.3) is 11.0 Å². The number of nitrogens with zero attached hydrogens (tertiary/aromatic N) is 2. The highest BCUT2D eigenvalue weighted by Gasteiger charge is 2.12. The Morgan fingerprint density at radius 1 is 0.974 bits per heavy atom. The van der Waals surface area contributed by atoms with Crippen molar-refractivity contribution in [3.8, 4) is 17.2 Å². The molecular formula is C32H37N3O4. The Balaban J connectivity index is 1.29. The number of methoxy groups -OCH3 is 2. The van der Waals surface area contributed by atoms with Crippen LogP contribution in [-0.2, 0) is 30.6 Å². The Hall–Kier alpha value is -4.26. The molecule has 4 rings (SSSR count). The SMILES string of the molecule is C=CCc1ccc(OCCCCn2c(CCNC(=O)Cc3ccc(OC)cc3)nc3ccccc32)c(OC)c1. The van der Waals surface area contributed by atoms with Crippen molar-refractivity contribution in [3.63, 3.8) is 0 Å². The van der Waals surface area contributed by atoms with E-state index in [0.717, 1.165) is 71.0 Å². The zero-order chi connectivity index (χ0) is 27.5. The molecule has 7 nitrogen and oxygen atoms in total. The maximum atomic E-state index is 12.5. The maximum Gasteiger partial charge on any atom is 0.224 e. The van der Waals surface area contributed by atoms with E-state index in [-0.39, 0.29) is 5.91 Å². The number of nitrogens with one attached hydrogen (secondary N) is 1. The van der Waals surface area contributed by atoms with Gasteiger partial charge in [-0.3, -0.25) is 4.79 Å². The summed E-state index contributed by atoms with van der Waals surface area (Å²) in [6.07, 6.45) is 5.50. The van der Waals surface area contributed by atoms with Gasteiger partial charge in [-0.25, -0.2) is 4.98 Å². The van der Waals surface area contributed by atoms with E-state index >= 15 is 0 Å². The van der Waals surface area contributed by atoms with Crippen LogP contribution in [0.1, 0.15) is 29.8 Å². The number of imidazole rings is 1. The lowest BCUT2D eigenvalue weighted by Gasteiger charge is -2.13. The van der Waals surface area contributed by atoms with Crippen LogP contribution in [0.2, 0.25) is 0 Å². The van der Waals surface area contributed by atoms with E-state index in [2.05, 4.69) is 22.5 Å². The lowest BCUT2D eigenvalue weighted by Crippen LogP contribution is -2.28. The minimum Gasteiger partial charge on any atom is -0.497 e. The number of ether oxygens (including phenoxy) is 3. The van der Waals surface area contributed by atoms with E-state index in [0.29, 0.717) is 26.0 Å². The summed E-state index contributed by atoms with van der Waals surface area (Å²) < 4.78 is 19.0. The van der Waals surface area contributed by atoms with Crippen molar-refractivity contribution >= 4 is 16.9 Å². The van der Waals surface area contributed by atoms with Crippen LogP contribution in [0.5, 0.6) is 17.2 Å². The summed E-state index contributed by atoms with van der Waals surface area (Å²) >= 11 is 0. The van der Waals surface area contributed by atoms with E-state index in [1.165, 1.54) is 0 Å².